The number of rotatable bonds is 4. The molecule has 0 radical (unpaired) electrons. The van der Waals surface area contributed by atoms with Crippen molar-refractivity contribution >= 4 is 5.91 Å². The molecule has 1 amide bonds. The Hall–Kier alpha value is -1.08. The van der Waals surface area contributed by atoms with E-state index in [9.17, 15) is 4.79 Å². The Morgan fingerprint density at radius 1 is 1.75 bits per heavy atom. The lowest BCUT2D eigenvalue weighted by atomic mass is 10.2. The van der Waals surface area contributed by atoms with Crippen molar-refractivity contribution in [2.45, 2.75) is 6.92 Å². The molecule has 4 nitrogen and oxygen atoms in total. The van der Waals surface area contributed by atoms with Crippen molar-refractivity contribution in [2.75, 3.05) is 27.2 Å². The second-order valence-corrected chi connectivity index (χ2v) is 2.83. The average molecular weight is 169 g/mol. The van der Waals surface area contributed by atoms with Crippen LogP contribution in [0.1, 0.15) is 6.92 Å². The van der Waals surface area contributed by atoms with E-state index in [2.05, 4.69) is 11.4 Å². The van der Waals surface area contributed by atoms with Crippen LogP contribution in [0.15, 0.2) is 0 Å². The molecule has 0 spiro atoms. The highest BCUT2D eigenvalue weighted by atomic mass is 16.2. The van der Waals surface area contributed by atoms with Crippen molar-refractivity contribution in [1.82, 2.24) is 10.2 Å². The van der Waals surface area contributed by atoms with Crippen LogP contribution in [-0.2, 0) is 4.79 Å². The maximum Gasteiger partial charge on any atom is 0.236 e. The number of amides is 1. The molecule has 0 aliphatic carbocycles. The summed E-state index contributed by atoms with van der Waals surface area (Å²) in [4.78, 5) is 12.7. The number of nitrogens with zero attached hydrogens (tertiary/aromatic N) is 2. The highest BCUT2D eigenvalue weighted by Crippen LogP contribution is 1.95. The molecule has 12 heavy (non-hydrogen) atoms. The van der Waals surface area contributed by atoms with Crippen LogP contribution in [0.2, 0.25) is 0 Å². The molecule has 0 aromatic rings. The number of nitrogens with one attached hydrogen (secondary N) is 1. The molecule has 0 saturated carbocycles. The van der Waals surface area contributed by atoms with Crippen molar-refractivity contribution in [3.05, 3.63) is 0 Å². The fourth-order valence-corrected chi connectivity index (χ4v) is 0.840. The van der Waals surface area contributed by atoms with E-state index in [1.165, 1.54) is 0 Å². The van der Waals surface area contributed by atoms with Gasteiger partial charge in [-0.25, -0.2) is 0 Å². The maximum atomic E-state index is 11.1. The predicted octanol–water partition coefficient (Wildman–Crippen LogP) is -0.176. The second-order valence-electron chi connectivity index (χ2n) is 2.83. The van der Waals surface area contributed by atoms with Crippen LogP contribution < -0.4 is 5.32 Å². The van der Waals surface area contributed by atoms with Crippen molar-refractivity contribution in [3.8, 4) is 6.07 Å². The van der Waals surface area contributed by atoms with Crippen molar-refractivity contribution in [3.63, 3.8) is 0 Å². The van der Waals surface area contributed by atoms with E-state index in [4.69, 9.17) is 5.26 Å². The standard InChI is InChI=1S/C8H15N3O/c1-7(4-9)6-11(3)8(12)5-10-2/h7,10H,5-6H2,1-3H3. The Morgan fingerprint density at radius 2 is 2.33 bits per heavy atom. The number of nitriles is 1. The molecule has 4 heteroatoms. The highest BCUT2D eigenvalue weighted by Gasteiger charge is 2.10. The fraction of sp³-hybridized carbons (Fsp3) is 0.750. The maximum absolute atomic E-state index is 11.1. The second kappa shape index (κ2) is 5.56. The highest BCUT2D eigenvalue weighted by molar-refractivity contribution is 5.77. The topological polar surface area (TPSA) is 56.1 Å². The van der Waals surface area contributed by atoms with E-state index < -0.39 is 0 Å². The molecule has 0 aliphatic rings. The first-order valence-corrected chi connectivity index (χ1v) is 3.90. The van der Waals surface area contributed by atoms with Crippen molar-refractivity contribution in [2.24, 2.45) is 5.92 Å². The first-order valence-electron chi connectivity index (χ1n) is 3.90. The Balaban J connectivity index is 3.80. The molecule has 0 aromatic heterocycles. The van der Waals surface area contributed by atoms with E-state index in [-0.39, 0.29) is 11.8 Å². The number of likely N-dealkylation sites (N-methyl/N-ethyl adjacent to an activating group) is 2. The molecule has 1 N–H and O–H groups in total. The summed E-state index contributed by atoms with van der Waals surface area (Å²) in [6, 6.07) is 2.08. The van der Waals surface area contributed by atoms with Crippen LogP contribution in [-0.4, -0.2) is 38.0 Å². The molecule has 0 aliphatic heterocycles. The average Bonchev–Trinajstić information content (AvgIpc) is 2.04. The van der Waals surface area contributed by atoms with Gasteiger partial charge in [0, 0.05) is 13.6 Å². The number of hydrogen-bond donors (Lipinski definition) is 1. The fourth-order valence-electron chi connectivity index (χ4n) is 0.840. The predicted molar refractivity (Wildman–Crippen MR) is 46.3 cm³/mol. The number of hydrogen-bond acceptors (Lipinski definition) is 3. The first-order chi connectivity index (χ1) is 5.61. The van der Waals surface area contributed by atoms with E-state index in [1.807, 2.05) is 0 Å². The van der Waals surface area contributed by atoms with Crippen LogP contribution in [0.3, 0.4) is 0 Å². The van der Waals surface area contributed by atoms with Gasteiger partial charge in [-0.2, -0.15) is 5.26 Å². The molecule has 68 valence electrons. The monoisotopic (exact) mass is 169 g/mol. The van der Waals surface area contributed by atoms with Crippen molar-refractivity contribution in [1.29, 1.82) is 5.26 Å². The molecule has 0 heterocycles. The quantitative estimate of drug-likeness (QED) is 0.635. The Kier molecular flexibility index (Phi) is 5.06. The summed E-state index contributed by atoms with van der Waals surface area (Å²) in [5, 5.41) is 11.3. The molecule has 1 unspecified atom stereocenters. The first kappa shape index (κ1) is 10.9. The van der Waals surface area contributed by atoms with Gasteiger partial charge in [0.1, 0.15) is 0 Å². The van der Waals surface area contributed by atoms with E-state index in [0.717, 1.165) is 0 Å². The van der Waals surface area contributed by atoms with Gasteiger partial charge in [0.25, 0.3) is 0 Å². The molecule has 0 fully saturated rings. The van der Waals surface area contributed by atoms with Crippen LogP contribution in [0, 0.1) is 17.2 Å². The number of carbonyl (C=O) groups excluding carboxylic acids is 1. The minimum atomic E-state index is -0.101. The molecule has 0 aromatic carbocycles. The van der Waals surface area contributed by atoms with Gasteiger partial charge in [-0.1, -0.05) is 0 Å². The summed E-state index contributed by atoms with van der Waals surface area (Å²) in [7, 11) is 3.42. The molecular weight excluding hydrogens is 154 g/mol. The minimum absolute atomic E-state index is 0.0135. The zero-order valence-electron chi connectivity index (χ0n) is 7.79. The molecular formula is C8H15N3O. The van der Waals surface area contributed by atoms with Gasteiger partial charge in [0.05, 0.1) is 18.5 Å². The van der Waals surface area contributed by atoms with Crippen LogP contribution in [0.4, 0.5) is 0 Å². The zero-order valence-corrected chi connectivity index (χ0v) is 7.79. The summed E-state index contributed by atoms with van der Waals surface area (Å²) in [5.74, 6) is -0.0876. The van der Waals surface area contributed by atoms with Gasteiger partial charge in [-0.05, 0) is 14.0 Å². The molecule has 1 atom stereocenters. The van der Waals surface area contributed by atoms with Crippen LogP contribution >= 0.6 is 0 Å². The summed E-state index contributed by atoms with van der Waals surface area (Å²) in [5.41, 5.74) is 0. The minimum Gasteiger partial charge on any atom is -0.343 e. The molecule has 0 saturated heterocycles. The summed E-state index contributed by atoms with van der Waals surface area (Å²) in [6.07, 6.45) is 0. The Labute approximate surface area is 73.2 Å². The van der Waals surface area contributed by atoms with E-state index in [0.29, 0.717) is 13.1 Å². The van der Waals surface area contributed by atoms with Crippen LogP contribution in [0.25, 0.3) is 0 Å². The summed E-state index contributed by atoms with van der Waals surface area (Å²) < 4.78 is 0. The van der Waals surface area contributed by atoms with Gasteiger partial charge < -0.3 is 10.2 Å². The largest absolute Gasteiger partial charge is 0.343 e. The smallest absolute Gasteiger partial charge is 0.236 e. The van der Waals surface area contributed by atoms with Gasteiger partial charge in [0.2, 0.25) is 5.91 Å². The summed E-state index contributed by atoms with van der Waals surface area (Å²) in [6.45, 7) is 2.62. The van der Waals surface area contributed by atoms with Crippen molar-refractivity contribution < 1.29 is 4.79 Å². The summed E-state index contributed by atoms with van der Waals surface area (Å²) >= 11 is 0. The normalized spacial score (nSPS) is 11.8. The third-order valence-corrected chi connectivity index (χ3v) is 1.52. The third kappa shape index (κ3) is 3.94. The molecule has 0 bridgehead atoms. The van der Waals surface area contributed by atoms with E-state index >= 15 is 0 Å². The van der Waals surface area contributed by atoms with Gasteiger partial charge in [-0.3, -0.25) is 4.79 Å². The lowest BCUT2D eigenvalue weighted by Crippen LogP contribution is -2.36. The Bertz CT molecular complexity index is 185. The van der Waals surface area contributed by atoms with Crippen LogP contribution in [0.5, 0.6) is 0 Å². The van der Waals surface area contributed by atoms with Gasteiger partial charge in [0.15, 0.2) is 0 Å². The third-order valence-electron chi connectivity index (χ3n) is 1.52. The molecule has 0 rings (SSSR count). The lowest BCUT2D eigenvalue weighted by molar-refractivity contribution is -0.129. The lowest BCUT2D eigenvalue weighted by Gasteiger charge is -2.17. The zero-order chi connectivity index (χ0) is 9.56. The van der Waals surface area contributed by atoms with E-state index in [1.54, 1.807) is 25.9 Å². The van der Waals surface area contributed by atoms with Gasteiger partial charge >= 0.3 is 0 Å². The van der Waals surface area contributed by atoms with Gasteiger partial charge in [-0.15, -0.1) is 0 Å². The SMILES string of the molecule is CNCC(=O)N(C)CC(C)C#N. The Morgan fingerprint density at radius 3 is 2.75 bits per heavy atom. The number of carbonyl (C=O) groups is 1.